The molecule has 0 aliphatic heterocycles. The molecule has 0 aromatic rings. The molecule has 0 heterocycles. The number of carbonyl (C=O) groups excluding carboxylic acids is 1. The van der Waals surface area contributed by atoms with Gasteiger partial charge in [0.1, 0.15) is 12.2 Å². The van der Waals surface area contributed by atoms with Crippen LogP contribution >= 0.6 is 0 Å². The molecule has 0 amide bonds. The topological polar surface area (TPSA) is 87.0 Å². The molecule has 20 heavy (non-hydrogen) atoms. The summed E-state index contributed by atoms with van der Waals surface area (Å²) < 4.78 is 5.39. The average Bonchev–Trinajstić information content (AvgIpc) is 2.38. The number of hydrogen-bond acceptors (Lipinski definition) is 5. The smallest absolute Gasteiger partial charge is 0.230 e. The Morgan fingerprint density at radius 1 is 1.45 bits per heavy atom. The lowest BCUT2D eigenvalue weighted by atomic mass is 9.65. The molecule has 5 nitrogen and oxygen atoms in total. The average molecular weight is 287 g/mol. The van der Waals surface area contributed by atoms with Crippen LogP contribution in [0.25, 0.3) is 0 Å². The lowest BCUT2D eigenvalue weighted by Crippen LogP contribution is -2.46. The van der Waals surface area contributed by atoms with Crippen molar-refractivity contribution in [2.24, 2.45) is 17.3 Å². The first-order chi connectivity index (χ1) is 9.34. The lowest BCUT2D eigenvalue weighted by Gasteiger charge is -2.44. The number of aliphatic hydroxyl groups is 3. The molecule has 1 radical (unpaired) electrons. The summed E-state index contributed by atoms with van der Waals surface area (Å²) in [7, 11) is 0. The van der Waals surface area contributed by atoms with Crippen LogP contribution in [0.2, 0.25) is 0 Å². The van der Waals surface area contributed by atoms with Gasteiger partial charge < -0.3 is 20.1 Å². The fourth-order valence-electron chi connectivity index (χ4n) is 3.07. The summed E-state index contributed by atoms with van der Waals surface area (Å²) in [4.78, 5) is 11.2. The van der Waals surface area contributed by atoms with Crippen LogP contribution < -0.4 is 0 Å². The minimum Gasteiger partial charge on any atom is -0.394 e. The van der Waals surface area contributed by atoms with Crippen molar-refractivity contribution in [1.29, 1.82) is 0 Å². The van der Waals surface area contributed by atoms with E-state index in [1.54, 1.807) is 0 Å². The van der Waals surface area contributed by atoms with E-state index in [9.17, 15) is 15.0 Å². The zero-order valence-electron chi connectivity index (χ0n) is 12.6. The molecule has 1 saturated carbocycles. The quantitative estimate of drug-likeness (QED) is 0.640. The molecule has 1 aliphatic rings. The van der Waals surface area contributed by atoms with Crippen molar-refractivity contribution in [3.8, 4) is 0 Å². The zero-order valence-corrected chi connectivity index (χ0v) is 12.6. The Labute approximate surface area is 121 Å². The van der Waals surface area contributed by atoms with E-state index in [0.29, 0.717) is 12.3 Å². The standard InChI is InChI=1S/C15H27O5/c1-10(2)12-4-5-15(3,6-13(12)19)14(8-17)20-9-11(18)7-16/h10-14,16,18-19H,4-7,9H2,1-3H3/t11?,12-,13+,14?,15+/m0/s1. The highest BCUT2D eigenvalue weighted by atomic mass is 16.5. The van der Waals surface area contributed by atoms with E-state index in [1.165, 1.54) is 0 Å². The van der Waals surface area contributed by atoms with E-state index in [4.69, 9.17) is 9.84 Å². The molecular weight excluding hydrogens is 260 g/mol. The summed E-state index contributed by atoms with van der Waals surface area (Å²) in [6, 6.07) is 0. The third kappa shape index (κ3) is 4.25. The van der Waals surface area contributed by atoms with E-state index >= 15 is 0 Å². The highest BCUT2D eigenvalue weighted by Crippen LogP contribution is 2.44. The molecule has 1 rings (SSSR count). The van der Waals surface area contributed by atoms with Crippen LogP contribution in [0.5, 0.6) is 0 Å². The third-order valence-corrected chi connectivity index (χ3v) is 4.48. The van der Waals surface area contributed by atoms with Gasteiger partial charge in [0, 0.05) is 5.41 Å². The summed E-state index contributed by atoms with van der Waals surface area (Å²) >= 11 is 0. The highest BCUT2D eigenvalue weighted by molar-refractivity contribution is 5.58. The minimum absolute atomic E-state index is 0.101. The van der Waals surface area contributed by atoms with Crippen molar-refractivity contribution in [3.05, 3.63) is 0 Å². The van der Waals surface area contributed by atoms with E-state index < -0.39 is 30.3 Å². The number of ether oxygens (including phenoxy) is 1. The zero-order chi connectivity index (χ0) is 15.3. The fraction of sp³-hybridized carbons (Fsp3) is 0.933. The van der Waals surface area contributed by atoms with Gasteiger partial charge in [-0.25, -0.2) is 0 Å². The molecule has 0 bridgehead atoms. The Hall–Kier alpha value is -0.490. The van der Waals surface area contributed by atoms with Gasteiger partial charge in [-0.3, -0.25) is 4.79 Å². The molecule has 117 valence electrons. The first-order valence-electron chi connectivity index (χ1n) is 7.30. The van der Waals surface area contributed by atoms with Crippen molar-refractivity contribution >= 4 is 6.29 Å². The number of aliphatic hydroxyl groups excluding tert-OH is 3. The maximum Gasteiger partial charge on any atom is 0.230 e. The Morgan fingerprint density at radius 3 is 2.55 bits per heavy atom. The first kappa shape index (κ1) is 17.6. The van der Waals surface area contributed by atoms with Gasteiger partial charge in [-0.1, -0.05) is 20.8 Å². The van der Waals surface area contributed by atoms with Crippen molar-refractivity contribution in [1.82, 2.24) is 0 Å². The van der Waals surface area contributed by atoms with Crippen LogP contribution in [0.1, 0.15) is 40.0 Å². The summed E-state index contributed by atoms with van der Waals surface area (Å²) in [5.41, 5.74) is -0.471. The molecule has 1 fully saturated rings. The highest BCUT2D eigenvalue weighted by Gasteiger charge is 2.44. The van der Waals surface area contributed by atoms with Crippen LogP contribution in [0.4, 0.5) is 0 Å². The Balaban J connectivity index is 2.65. The van der Waals surface area contributed by atoms with Gasteiger partial charge in [0.15, 0.2) is 0 Å². The Kier molecular flexibility index (Phi) is 6.58. The predicted octanol–water partition coefficient (Wildman–Crippen LogP) is 0.658. The van der Waals surface area contributed by atoms with Crippen molar-refractivity contribution in [2.45, 2.75) is 58.3 Å². The number of rotatable bonds is 7. The summed E-state index contributed by atoms with van der Waals surface area (Å²) in [6.45, 7) is 5.59. The predicted molar refractivity (Wildman–Crippen MR) is 74.8 cm³/mol. The van der Waals surface area contributed by atoms with Gasteiger partial charge in [0.05, 0.1) is 19.3 Å². The third-order valence-electron chi connectivity index (χ3n) is 4.48. The second-order valence-corrected chi connectivity index (χ2v) is 6.54. The second kappa shape index (κ2) is 7.50. The maximum absolute atomic E-state index is 11.2. The molecule has 0 saturated heterocycles. The lowest BCUT2D eigenvalue weighted by molar-refractivity contribution is -0.0892. The molecule has 0 aromatic heterocycles. The molecule has 5 heteroatoms. The minimum atomic E-state index is -0.994. The van der Waals surface area contributed by atoms with Crippen LogP contribution in [-0.4, -0.2) is 53.1 Å². The largest absolute Gasteiger partial charge is 0.394 e. The normalized spacial score (nSPS) is 34.0. The molecule has 5 atom stereocenters. The van der Waals surface area contributed by atoms with Gasteiger partial charge >= 0.3 is 0 Å². The van der Waals surface area contributed by atoms with Crippen molar-refractivity contribution in [2.75, 3.05) is 13.2 Å². The number of hydrogen-bond donors (Lipinski definition) is 3. The molecule has 1 aliphatic carbocycles. The first-order valence-corrected chi connectivity index (χ1v) is 7.30. The molecule has 0 aromatic carbocycles. The molecule has 3 N–H and O–H groups in total. The van der Waals surface area contributed by atoms with Crippen LogP contribution in [0.3, 0.4) is 0 Å². The summed E-state index contributed by atoms with van der Waals surface area (Å²) in [6.07, 6.45) is 1.77. The van der Waals surface area contributed by atoms with Gasteiger partial charge in [-0.05, 0) is 31.1 Å². The van der Waals surface area contributed by atoms with Crippen LogP contribution in [0, 0.1) is 17.3 Å². The van der Waals surface area contributed by atoms with Crippen molar-refractivity contribution in [3.63, 3.8) is 0 Å². The van der Waals surface area contributed by atoms with Gasteiger partial charge in [-0.2, -0.15) is 0 Å². The Bertz CT molecular complexity index is 307. The fourth-order valence-corrected chi connectivity index (χ4v) is 3.07. The molecular formula is C15H27O5. The van der Waals surface area contributed by atoms with Gasteiger partial charge in [0.2, 0.25) is 6.29 Å². The van der Waals surface area contributed by atoms with E-state index in [-0.39, 0.29) is 12.5 Å². The van der Waals surface area contributed by atoms with E-state index in [0.717, 1.165) is 12.8 Å². The molecule has 2 unspecified atom stereocenters. The van der Waals surface area contributed by atoms with Gasteiger partial charge in [0.25, 0.3) is 0 Å². The second-order valence-electron chi connectivity index (χ2n) is 6.54. The summed E-state index contributed by atoms with van der Waals surface area (Å²) in [5, 5.41) is 28.3. The van der Waals surface area contributed by atoms with Gasteiger partial charge in [-0.15, -0.1) is 0 Å². The van der Waals surface area contributed by atoms with Crippen LogP contribution in [0.15, 0.2) is 0 Å². The Morgan fingerprint density at radius 2 is 2.10 bits per heavy atom. The SMILES string of the molecule is CC(C)[C@@H]1CC[C@@](C)(C([C]=O)OCC(O)CO)C[C@H]1O. The van der Waals surface area contributed by atoms with Crippen LogP contribution in [-0.2, 0) is 9.53 Å². The molecule has 0 spiro atoms. The summed E-state index contributed by atoms with van der Waals surface area (Å²) in [5.74, 6) is 0.656. The monoisotopic (exact) mass is 287 g/mol. The van der Waals surface area contributed by atoms with E-state index in [1.807, 2.05) is 13.2 Å². The van der Waals surface area contributed by atoms with Crippen molar-refractivity contribution < 1.29 is 24.9 Å². The maximum atomic E-state index is 11.2. The van der Waals surface area contributed by atoms with E-state index in [2.05, 4.69) is 13.8 Å².